The van der Waals surface area contributed by atoms with Crippen molar-refractivity contribution in [3.05, 3.63) is 34.9 Å². The molecule has 2 rings (SSSR count). The molecule has 20 heavy (non-hydrogen) atoms. The molecule has 0 aliphatic carbocycles. The summed E-state index contributed by atoms with van der Waals surface area (Å²) in [6.07, 6.45) is 0.290. The molecule has 2 atom stereocenters. The standard InChI is InChI=1S/C14H17ClN2O3/c15-11-3-1-9(2-4-11)12(18)7-10(14(16)19)8-13-17-5-6-20-13/h1-4,10,13,17H,5-8H2,(H2,16,19). The number of rotatable bonds is 6. The van der Waals surface area contributed by atoms with Crippen LogP contribution in [0.5, 0.6) is 0 Å². The molecule has 6 heteroatoms. The summed E-state index contributed by atoms with van der Waals surface area (Å²) in [5.74, 6) is -1.14. The zero-order valence-corrected chi connectivity index (χ0v) is 11.7. The molecule has 1 fully saturated rings. The van der Waals surface area contributed by atoms with Gasteiger partial charge in [0.15, 0.2) is 5.78 Å². The number of nitrogens with one attached hydrogen (secondary N) is 1. The minimum Gasteiger partial charge on any atom is -0.369 e. The van der Waals surface area contributed by atoms with Crippen molar-refractivity contribution in [3.63, 3.8) is 0 Å². The Kier molecular flexibility index (Phi) is 5.11. The maximum absolute atomic E-state index is 12.1. The Bertz CT molecular complexity index is 484. The van der Waals surface area contributed by atoms with Gasteiger partial charge in [0.1, 0.15) is 6.23 Å². The maximum Gasteiger partial charge on any atom is 0.221 e. The van der Waals surface area contributed by atoms with Crippen molar-refractivity contribution in [1.82, 2.24) is 5.32 Å². The van der Waals surface area contributed by atoms with E-state index in [2.05, 4.69) is 5.32 Å². The fourth-order valence-corrected chi connectivity index (χ4v) is 2.29. The molecule has 0 radical (unpaired) electrons. The van der Waals surface area contributed by atoms with Gasteiger partial charge in [-0.15, -0.1) is 0 Å². The van der Waals surface area contributed by atoms with Crippen LogP contribution in [0.15, 0.2) is 24.3 Å². The quantitative estimate of drug-likeness (QED) is 0.777. The summed E-state index contributed by atoms with van der Waals surface area (Å²) >= 11 is 5.78. The number of Topliss-reactive ketones (excluding diaryl/α,β-unsaturated/α-hetero) is 1. The van der Waals surface area contributed by atoms with Crippen LogP contribution in [0.4, 0.5) is 0 Å². The van der Waals surface area contributed by atoms with Crippen LogP contribution in [-0.2, 0) is 9.53 Å². The molecule has 1 heterocycles. The summed E-state index contributed by atoms with van der Waals surface area (Å²) in [5, 5.41) is 3.67. The van der Waals surface area contributed by atoms with Gasteiger partial charge in [-0.2, -0.15) is 0 Å². The van der Waals surface area contributed by atoms with Gasteiger partial charge in [0.05, 0.1) is 6.61 Å². The van der Waals surface area contributed by atoms with Crippen LogP contribution in [0.1, 0.15) is 23.2 Å². The van der Waals surface area contributed by atoms with Gasteiger partial charge in [0, 0.05) is 29.5 Å². The number of ketones is 1. The summed E-state index contributed by atoms with van der Waals surface area (Å²) in [7, 11) is 0. The Balaban J connectivity index is 1.98. The first-order valence-electron chi connectivity index (χ1n) is 6.49. The van der Waals surface area contributed by atoms with Crippen LogP contribution in [0, 0.1) is 5.92 Å². The monoisotopic (exact) mass is 296 g/mol. The summed E-state index contributed by atoms with van der Waals surface area (Å²) in [4.78, 5) is 23.6. The van der Waals surface area contributed by atoms with Gasteiger partial charge in [-0.3, -0.25) is 14.9 Å². The lowest BCUT2D eigenvalue weighted by Crippen LogP contribution is -2.33. The van der Waals surface area contributed by atoms with E-state index in [4.69, 9.17) is 22.1 Å². The smallest absolute Gasteiger partial charge is 0.221 e. The molecular formula is C14H17ClN2O3. The van der Waals surface area contributed by atoms with Crippen LogP contribution in [0.25, 0.3) is 0 Å². The zero-order chi connectivity index (χ0) is 14.5. The van der Waals surface area contributed by atoms with E-state index < -0.39 is 11.8 Å². The predicted molar refractivity (Wildman–Crippen MR) is 75.4 cm³/mol. The van der Waals surface area contributed by atoms with Crippen LogP contribution in [0.3, 0.4) is 0 Å². The number of carbonyl (C=O) groups excluding carboxylic acids is 2. The predicted octanol–water partition coefficient (Wildman–Crippen LogP) is 1.35. The molecule has 0 bridgehead atoms. The van der Waals surface area contributed by atoms with E-state index in [1.54, 1.807) is 24.3 Å². The van der Waals surface area contributed by atoms with Crippen molar-refractivity contribution < 1.29 is 14.3 Å². The Labute approximate surface area is 122 Å². The normalized spacial score (nSPS) is 19.8. The number of primary amides is 1. The minimum absolute atomic E-state index is 0.0819. The SMILES string of the molecule is NC(=O)C(CC(=O)c1ccc(Cl)cc1)CC1NCCO1. The van der Waals surface area contributed by atoms with E-state index in [-0.39, 0.29) is 18.4 Å². The molecule has 2 unspecified atom stereocenters. The van der Waals surface area contributed by atoms with Crippen LogP contribution in [0.2, 0.25) is 5.02 Å². The van der Waals surface area contributed by atoms with Crippen molar-refractivity contribution in [2.45, 2.75) is 19.1 Å². The Morgan fingerprint density at radius 3 is 2.65 bits per heavy atom. The van der Waals surface area contributed by atoms with Crippen LogP contribution < -0.4 is 11.1 Å². The largest absolute Gasteiger partial charge is 0.369 e. The third kappa shape index (κ3) is 4.03. The first kappa shape index (κ1) is 15.0. The van der Waals surface area contributed by atoms with E-state index in [0.29, 0.717) is 23.6 Å². The lowest BCUT2D eigenvalue weighted by atomic mass is 9.94. The molecule has 1 aliphatic heterocycles. The number of amides is 1. The zero-order valence-electron chi connectivity index (χ0n) is 11.0. The second kappa shape index (κ2) is 6.83. The number of halogens is 1. The number of hydrogen-bond donors (Lipinski definition) is 2. The molecule has 0 saturated carbocycles. The van der Waals surface area contributed by atoms with Gasteiger partial charge in [0.2, 0.25) is 5.91 Å². The van der Waals surface area contributed by atoms with Gasteiger partial charge in [-0.1, -0.05) is 11.6 Å². The first-order valence-corrected chi connectivity index (χ1v) is 6.87. The highest BCUT2D eigenvalue weighted by molar-refractivity contribution is 6.30. The number of ether oxygens (including phenoxy) is 1. The Morgan fingerprint density at radius 1 is 1.40 bits per heavy atom. The van der Waals surface area contributed by atoms with Gasteiger partial charge in [-0.25, -0.2) is 0 Å². The molecule has 1 aromatic rings. The molecule has 0 spiro atoms. The van der Waals surface area contributed by atoms with Crippen molar-refractivity contribution >= 4 is 23.3 Å². The minimum atomic E-state index is -0.534. The maximum atomic E-state index is 12.1. The highest BCUT2D eigenvalue weighted by Gasteiger charge is 2.26. The fraction of sp³-hybridized carbons (Fsp3) is 0.429. The third-order valence-electron chi connectivity index (χ3n) is 3.29. The lowest BCUT2D eigenvalue weighted by molar-refractivity contribution is -0.122. The van der Waals surface area contributed by atoms with Crippen molar-refractivity contribution in [1.29, 1.82) is 0 Å². The van der Waals surface area contributed by atoms with Crippen LogP contribution >= 0.6 is 11.6 Å². The first-order chi connectivity index (χ1) is 9.56. The number of carbonyl (C=O) groups is 2. The van der Waals surface area contributed by atoms with E-state index in [0.717, 1.165) is 6.54 Å². The molecule has 1 saturated heterocycles. The summed E-state index contributed by atoms with van der Waals surface area (Å²) in [6.45, 7) is 1.36. The molecule has 5 nitrogen and oxygen atoms in total. The third-order valence-corrected chi connectivity index (χ3v) is 3.54. The lowest BCUT2D eigenvalue weighted by Gasteiger charge is -2.17. The molecule has 1 amide bonds. The average Bonchev–Trinajstić information content (AvgIpc) is 2.91. The number of benzene rings is 1. The van der Waals surface area contributed by atoms with Crippen molar-refractivity contribution in [2.24, 2.45) is 11.7 Å². The van der Waals surface area contributed by atoms with Gasteiger partial charge >= 0.3 is 0 Å². The highest BCUT2D eigenvalue weighted by Crippen LogP contribution is 2.18. The van der Waals surface area contributed by atoms with Gasteiger partial charge in [-0.05, 0) is 30.7 Å². The van der Waals surface area contributed by atoms with Crippen molar-refractivity contribution in [3.8, 4) is 0 Å². The Hall–Kier alpha value is -1.43. The van der Waals surface area contributed by atoms with Gasteiger partial charge in [0.25, 0.3) is 0 Å². The molecule has 108 valence electrons. The van der Waals surface area contributed by atoms with E-state index in [1.807, 2.05) is 0 Å². The second-order valence-electron chi connectivity index (χ2n) is 4.78. The summed E-state index contributed by atoms with van der Waals surface area (Å²) < 4.78 is 5.39. The molecule has 0 aromatic heterocycles. The molecule has 1 aliphatic rings. The van der Waals surface area contributed by atoms with E-state index in [1.165, 1.54) is 0 Å². The van der Waals surface area contributed by atoms with E-state index in [9.17, 15) is 9.59 Å². The average molecular weight is 297 g/mol. The Morgan fingerprint density at radius 2 is 2.10 bits per heavy atom. The number of nitrogens with two attached hydrogens (primary N) is 1. The molecule has 3 N–H and O–H groups in total. The highest BCUT2D eigenvalue weighted by atomic mass is 35.5. The summed E-state index contributed by atoms with van der Waals surface area (Å²) in [6, 6.07) is 6.59. The second-order valence-corrected chi connectivity index (χ2v) is 5.22. The fourth-order valence-electron chi connectivity index (χ4n) is 2.17. The van der Waals surface area contributed by atoms with Gasteiger partial charge < -0.3 is 10.5 Å². The molecular weight excluding hydrogens is 280 g/mol. The van der Waals surface area contributed by atoms with Crippen molar-refractivity contribution in [2.75, 3.05) is 13.2 Å². The number of hydrogen-bond acceptors (Lipinski definition) is 4. The molecule has 1 aromatic carbocycles. The van der Waals surface area contributed by atoms with E-state index >= 15 is 0 Å². The van der Waals surface area contributed by atoms with Crippen LogP contribution in [-0.4, -0.2) is 31.1 Å². The topological polar surface area (TPSA) is 81.4 Å². The summed E-state index contributed by atoms with van der Waals surface area (Å²) in [5.41, 5.74) is 5.90.